The third kappa shape index (κ3) is 2.73. The van der Waals surface area contributed by atoms with Gasteiger partial charge in [-0.15, -0.1) is 0 Å². The Balaban J connectivity index is 1.76. The van der Waals surface area contributed by atoms with Gasteiger partial charge in [0.1, 0.15) is 12.1 Å². The predicted molar refractivity (Wildman–Crippen MR) is 77.2 cm³/mol. The molecule has 0 spiro atoms. The molecule has 1 saturated heterocycles. The van der Waals surface area contributed by atoms with Gasteiger partial charge in [-0.1, -0.05) is 13.8 Å². The topological polar surface area (TPSA) is 41.1 Å². The van der Waals surface area contributed by atoms with Gasteiger partial charge in [0.2, 0.25) is 0 Å². The molecule has 0 amide bonds. The zero-order valence-corrected chi connectivity index (χ0v) is 12.0. The molecule has 0 unspecified atom stereocenters. The zero-order chi connectivity index (χ0) is 13.2. The van der Waals surface area contributed by atoms with E-state index in [0.717, 1.165) is 37.9 Å². The molecule has 0 aromatic carbocycles. The van der Waals surface area contributed by atoms with E-state index in [9.17, 15) is 0 Å². The second-order valence-electron chi connectivity index (χ2n) is 6.28. The van der Waals surface area contributed by atoms with E-state index in [-0.39, 0.29) is 0 Å². The van der Waals surface area contributed by atoms with E-state index in [2.05, 4.69) is 34.0 Å². The number of rotatable bonds is 3. The molecule has 3 heterocycles. The van der Waals surface area contributed by atoms with Gasteiger partial charge in [0.15, 0.2) is 0 Å². The zero-order valence-electron chi connectivity index (χ0n) is 12.0. The van der Waals surface area contributed by atoms with Crippen LogP contribution in [0.15, 0.2) is 6.33 Å². The Hall–Kier alpha value is -1.16. The first-order chi connectivity index (χ1) is 9.24. The minimum atomic E-state index is 0.800. The van der Waals surface area contributed by atoms with Crippen molar-refractivity contribution in [2.75, 3.05) is 24.5 Å². The molecular weight excluding hydrogens is 236 g/mol. The van der Waals surface area contributed by atoms with Crippen molar-refractivity contribution in [1.82, 2.24) is 15.3 Å². The third-order valence-corrected chi connectivity index (χ3v) is 4.25. The Morgan fingerprint density at radius 2 is 2.32 bits per heavy atom. The summed E-state index contributed by atoms with van der Waals surface area (Å²) in [6, 6.07) is 0. The van der Waals surface area contributed by atoms with Crippen LogP contribution in [0.4, 0.5) is 5.82 Å². The van der Waals surface area contributed by atoms with E-state index < -0.39 is 0 Å². The summed E-state index contributed by atoms with van der Waals surface area (Å²) < 4.78 is 0. The van der Waals surface area contributed by atoms with Crippen LogP contribution in [-0.4, -0.2) is 29.6 Å². The lowest BCUT2D eigenvalue weighted by molar-refractivity contribution is 0.441. The second-order valence-corrected chi connectivity index (χ2v) is 6.28. The number of fused-ring (bicyclic) bond motifs is 1. The number of aromatic nitrogens is 2. The minimum Gasteiger partial charge on any atom is -0.356 e. The van der Waals surface area contributed by atoms with Crippen molar-refractivity contribution in [2.45, 2.75) is 39.7 Å². The first kappa shape index (κ1) is 12.9. The Kier molecular flexibility index (Phi) is 3.69. The first-order valence-corrected chi connectivity index (χ1v) is 7.52. The van der Waals surface area contributed by atoms with E-state index in [0.29, 0.717) is 0 Å². The van der Waals surface area contributed by atoms with Crippen LogP contribution >= 0.6 is 0 Å². The minimum absolute atomic E-state index is 0.800. The summed E-state index contributed by atoms with van der Waals surface area (Å²) in [6.07, 6.45) is 5.45. The molecule has 104 valence electrons. The summed E-state index contributed by atoms with van der Waals surface area (Å²) in [6.45, 7) is 8.93. The van der Waals surface area contributed by atoms with E-state index in [1.807, 2.05) is 0 Å². The molecular formula is C15H24N4. The van der Waals surface area contributed by atoms with Crippen molar-refractivity contribution in [2.24, 2.45) is 11.8 Å². The Morgan fingerprint density at radius 3 is 3.16 bits per heavy atom. The van der Waals surface area contributed by atoms with Gasteiger partial charge in [0.25, 0.3) is 0 Å². The van der Waals surface area contributed by atoms with E-state index in [1.165, 1.54) is 36.5 Å². The van der Waals surface area contributed by atoms with Gasteiger partial charge in [-0.05, 0) is 37.6 Å². The highest BCUT2D eigenvalue weighted by molar-refractivity contribution is 5.50. The SMILES string of the molecule is CC(C)C[C@H]1CCN(c2ncnc3c2CCNC3)C1. The van der Waals surface area contributed by atoms with Gasteiger partial charge in [0, 0.05) is 25.2 Å². The summed E-state index contributed by atoms with van der Waals surface area (Å²) in [5, 5.41) is 3.38. The van der Waals surface area contributed by atoms with Crippen LogP contribution in [0.25, 0.3) is 0 Å². The number of anilines is 1. The smallest absolute Gasteiger partial charge is 0.135 e. The van der Waals surface area contributed by atoms with Gasteiger partial charge in [-0.2, -0.15) is 0 Å². The lowest BCUT2D eigenvalue weighted by Gasteiger charge is -2.25. The molecule has 4 heteroatoms. The van der Waals surface area contributed by atoms with Crippen LogP contribution in [0, 0.1) is 11.8 Å². The fraction of sp³-hybridized carbons (Fsp3) is 0.733. The molecule has 19 heavy (non-hydrogen) atoms. The summed E-state index contributed by atoms with van der Waals surface area (Å²) in [7, 11) is 0. The van der Waals surface area contributed by atoms with Crippen LogP contribution in [0.3, 0.4) is 0 Å². The van der Waals surface area contributed by atoms with Gasteiger partial charge < -0.3 is 10.2 Å². The quantitative estimate of drug-likeness (QED) is 0.902. The monoisotopic (exact) mass is 260 g/mol. The Bertz CT molecular complexity index is 444. The maximum Gasteiger partial charge on any atom is 0.135 e. The van der Waals surface area contributed by atoms with Gasteiger partial charge >= 0.3 is 0 Å². The van der Waals surface area contributed by atoms with Gasteiger partial charge in [-0.3, -0.25) is 0 Å². The maximum atomic E-state index is 4.57. The molecule has 0 bridgehead atoms. The standard InChI is InChI=1S/C15H24N4/c1-11(2)7-12-4-6-19(9-12)15-13-3-5-16-8-14(13)17-10-18-15/h10-12,16H,3-9H2,1-2H3/t12-/m1/s1. The molecule has 1 fully saturated rings. The Labute approximate surface area is 115 Å². The van der Waals surface area contributed by atoms with Gasteiger partial charge in [0.05, 0.1) is 5.69 Å². The van der Waals surface area contributed by atoms with E-state index >= 15 is 0 Å². The van der Waals surface area contributed by atoms with Crippen molar-refractivity contribution in [1.29, 1.82) is 0 Å². The van der Waals surface area contributed by atoms with Crippen molar-refractivity contribution < 1.29 is 0 Å². The molecule has 2 aliphatic rings. The molecule has 4 nitrogen and oxygen atoms in total. The molecule has 0 radical (unpaired) electrons. The number of hydrogen-bond donors (Lipinski definition) is 1. The molecule has 3 rings (SSSR count). The highest BCUT2D eigenvalue weighted by Gasteiger charge is 2.27. The second kappa shape index (κ2) is 5.45. The van der Waals surface area contributed by atoms with E-state index in [1.54, 1.807) is 6.33 Å². The van der Waals surface area contributed by atoms with Crippen LogP contribution in [0.1, 0.15) is 37.9 Å². The number of nitrogens with one attached hydrogen (secondary N) is 1. The lowest BCUT2D eigenvalue weighted by atomic mass is 9.97. The number of nitrogens with zero attached hydrogens (tertiary/aromatic N) is 3. The summed E-state index contributed by atoms with van der Waals surface area (Å²) in [4.78, 5) is 11.5. The summed E-state index contributed by atoms with van der Waals surface area (Å²) in [5.74, 6) is 2.85. The summed E-state index contributed by atoms with van der Waals surface area (Å²) >= 11 is 0. The largest absolute Gasteiger partial charge is 0.356 e. The van der Waals surface area contributed by atoms with Crippen LogP contribution < -0.4 is 10.2 Å². The van der Waals surface area contributed by atoms with Crippen molar-refractivity contribution >= 4 is 5.82 Å². The molecule has 1 aromatic rings. The molecule has 1 atom stereocenters. The lowest BCUT2D eigenvalue weighted by Crippen LogP contribution is -2.29. The van der Waals surface area contributed by atoms with Crippen molar-refractivity contribution in [3.8, 4) is 0 Å². The van der Waals surface area contributed by atoms with Crippen molar-refractivity contribution in [3.05, 3.63) is 17.6 Å². The number of hydrogen-bond acceptors (Lipinski definition) is 4. The van der Waals surface area contributed by atoms with Crippen LogP contribution in [0.2, 0.25) is 0 Å². The first-order valence-electron chi connectivity index (χ1n) is 7.52. The molecule has 0 aliphatic carbocycles. The van der Waals surface area contributed by atoms with E-state index in [4.69, 9.17) is 0 Å². The maximum absolute atomic E-state index is 4.57. The molecule has 0 saturated carbocycles. The highest BCUT2D eigenvalue weighted by Crippen LogP contribution is 2.30. The fourth-order valence-electron chi connectivity index (χ4n) is 3.42. The molecule has 1 N–H and O–H groups in total. The van der Waals surface area contributed by atoms with Crippen molar-refractivity contribution in [3.63, 3.8) is 0 Å². The third-order valence-electron chi connectivity index (χ3n) is 4.25. The average Bonchev–Trinajstić information content (AvgIpc) is 2.85. The molecule has 1 aromatic heterocycles. The predicted octanol–water partition coefficient (Wildman–Crippen LogP) is 1.99. The normalized spacial score (nSPS) is 22.9. The summed E-state index contributed by atoms with van der Waals surface area (Å²) in [5.41, 5.74) is 2.58. The molecule has 2 aliphatic heterocycles. The van der Waals surface area contributed by atoms with Gasteiger partial charge in [-0.25, -0.2) is 9.97 Å². The van der Waals surface area contributed by atoms with Crippen LogP contribution in [-0.2, 0) is 13.0 Å². The fourth-order valence-corrected chi connectivity index (χ4v) is 3.42. The Morgan fingerprint density at radius 1 is 1.42 bits per heavy atom. The highest BCUT2D eigenvalue weighted by atomic mass is 15.2. The average molecular weight is 260 g/mol. The van der Waals surface area contributed by atoms with Crippen LogP contribution in [0.5, 0.6) is 0 Å².